The molecule has 0 aliphatic rings. The molecule has 2 nitrogen and oxygen atoms in total. The fourth-order valence-corrected chi connectivity index (χ4v) is 9.48. The third-order valence-corrected chi connectivity index (χ3v) is 12.3. The number of unbranched alkanes of at least 4 members (excludes halogenated alkanes) is 6. The number of terminal acetylenes is 2. The minimum atomic E-state index is 0.885. The van der Waals surface area contributed by atoms with E-state index in [1.807, 2.05) is 12.1 Å². The van der Waals surface area contributed by atoms with Gasteiger partial charge in [0.15, 0.2) is 0 Å². The Morgan fingerprint density at radius 2 is 0.979 bits per heavy atom. The summed E-state index contributed by atoms with van der Waals surface area (Å²) in [5.74, 6) is 5.99. The van der Waals surface area contributed by atoms with E-state index < -0.39 is 0 Å². The van der Waals surface area contributed by atoms with E-state index in [0.29, 0.717) is 0 Å². The van der Waals surface area contributed by atoms with Gasteiger partial charge in [-0.1, -0.05) is 125 Å². The van der Waals surface area contributed by atoms with Gasteiger partial charge in [0, 0.05) is 20.9 Å². The minimum Gasteiger partial charge on any atom is -0.242 e. The fourth-order valence-electron chi connectivity index (χ4n) is 6.06. The summed E-state index contributed by atoms with van der Waals surface area (Å²) in [4.78, 5) is 17.6. The molecule has 0 bridgehead atoms. The van der Waals surface area contributed by atoms with Crippen molar-refractivity contribution in [2.75, 3.05) is 0 Å². The van der Waals surface area contributed by atoms with Crippen LogP contribution in [0, 0.1) is 24.7 Å². The molecule has 0 atom stereocenters. The van der Waals surface area contributed by atoms with Gasteiger partial charge in [0.05, 0.1) is 30.9 Å². The zero-order chi connectivity index (χ0) is 32.6. The average molecular weight is 669 g/mol. The number of fused-ring (bicyclic) bond motifs is 1. The van der Waals surface area contributed by atoms with Gasteiger partial charge < -0.3 is 0 Å². The maximum Gasteiger partial charge on any atom is 0.110 e. The summed E-state index contributed by atoms with van der Waals surface area (Å²) in [6.45, 7) is 4.50. The SMILES string of the molecule is C#Cc1sc(-c2sc(-c3cc(CCCCCC)c(C#C)s3)c3nc(-c4ccccc4)c(-c4ccccc4)nc23)cc1CCCCCC. The summed E-state index contributed by atoms with van der Waals surface area (Å²) >= 11 is 5.19. The van der Waals surface area contributed by atoms with E-state index in [-0.39, 0.29) is 0 Å². The van der Waals surface area contributed by atoms with Crippen molar-refractivity contribution in [3.05, 3.63) is 93.7 Å². The summed E-state index contributed by atoms with van der Waals surface area (Å²) in [7, 11) is 0. The van der Waals surface area contributed by atoms with Gasteiger partial charge in [-0.05, 0) is 48.9 Å². The lowest BCUT2D eigenvalue weighted by Gasteiger charge is -2.10. The number of aryl methyl sites for hydroxylation is 2. The first-order valence-corrected chi connectivity index (χ1v) is 19.2. The molecule has 0 fully saturated rings. The summed E-state index contributed by atoms with van der Waals surface area (Å²) in [5, 5.41) is 0. The molecule has 4 heterocycles. The zero-order valence-electron chi connectivity index (χ0n) is 27.3. The van der Waals surface area contributed by atoms with Gasteiger partial charge in [0.1, 0.15) is 11.0 Å². The van der Waals surface area contributed by atoms with Crippen LogP contribution < -0.4 is 0 Å². The highest BCUT2D eigenvalue weighted by Gasteiger charge is 2.25. The van der Waals surface area contributed by atoms with E-state index >= 15 is 0 Å². The zero-order valence-corrected chi connectivity index (χ0v) is 29.7. The Morgan fingerprint density at radius 1 is 0.553 bits per heavy atom. The van der Waals surface area contributed by atoms with E-state index in [9.17, 15) is 0 Å². The summed E-state index contributed by atoms with van der Waals surface area (Å²) in [5.41, 5.74) is 8.24. The van der Waals surface area contributed by atoms with Gasteiger partial charge in [0.2, 0.25) is 0 Å². The lowest BCUT2D eigenvalue weighted by molar-refractivity contribution is 0.667. The number of thiophene rings is 3. The van der Waals surface area contributed by atoms with Gasteiger partial charge in [-0.25, -0.2) is 9.97 Å². The Hall–Kier alpha value is -4.00. The second kappa shape index (κ2) is 15.7. The third-order valence-electron chi connectivity index (χ3n) is 8.55. The van der Waals surface area contributed by atoms with Crippen molar-refractivity contribution < 1.29 is 0 Å². The number of nitrogens with zero attached hydrogens (tertiary/aromatic N) is 2. The molecule has 5 heteroatoms. The molecule has 236 valence electrons. The molecule has 0 spiro atoms. The Bertz CT molecular complexity index is 1890. The van der Waals surface area contributed by atoms with E-state index in [1.54, 1.807) is 34.0 Å². The van der Waals surface area contributed by atoms with Crippen molar-refractivity contribution >= 4 is 45.0 Å². The van der Waals surface area contributed by atoms with Crippen molar-refractivity contribution in [1.82, 2.24) is 9.97 Å². The first-order chi connectivity index (χ1) is 23.1. The molecule has 0 saturated heterocycles. The van der Waals surface area contributed by atoms with Crippen molar-refractivity contribution in [1.29, 1.82) is 0 Å². The normalized spacial score (nSPS) is 11.1. The Labute approximate surface area is 292 Å². The van der Waals surface area contributed by atoms with Crippen LogP contribution in [0.15, 0.2) is 72.8 Å². The Morgan fingerprint density at radius 3 is 1.36 bits per heavy atom. The van der Waals surface area contributed by atoms with Crippen LogP contribution in [-0.2, 0) is 12.8 Å². The van der Waals surface area contributed by atoms with Gasteiger partial charge in [-0.15, -0.1) is 46.9 Å². The van der Waals surface area contributed by atoms with Crippen LogP contribution in [0.3, 0.4) is 0 Å². The van der Waals surface area contributed by atoms with E-state index in [1.165, 1.54) is 59.4 Å². The van der Waals surface area contributed by atoms with Crippen LogP contribution in [0.25, 0.3) is 53.1 Å². The summed E-state index contributed by atoms with van der Waals surface area (Å²) < 4.78 is 0. The first kappa shape index (κ1) is 32.9. The fraction of sp³-hybridized carbons (Fsp3) is 0.286. The van der Waals surface area contributed by atoms with Crippen LogP contribution in [0.1, 0.15) is 86.1 Å². The van der Waals surface area contributed by atoms with E-state index in [2.05, 4.69) is 86.4 Å². The Balaban J connectivity index is 1.55. The molecule has 6 rings (SSSR count). The largest absolute Gasteiger partial charge is 0.242 e. The van der Waals surface area contributed by atoms with Crippen molar-refractivity contribution in [3.63, 3.8) is 0 Å². The molecule has 0 unspecified atom stereocenters. The topological polar surface area (TPSA) is 25.8 Å². The smallest absolute Gasteiger partial charge is 0.110 e. The quantitative estimate of drug-likeness (QED) is 0.0853. The minimum absolute atomic E-state index is 0.885. The van der Waals surface area contributed by atoms with E-state index in [4.69, 9.17) is 22.8 Å². The van der Waals surface area contributed by atoms with Gasteiger partial charge >= 0.3 is 0 Å². The van der Waals surface area contributed by atoms with Crippen LogP contribution in [0.4, 0.5) is 0 Å². The van der Waals surface area contributed by atoms with Crippen LogP contribution >= 0.6 is 34.0 Å². The van der Waals surface area contributed by atoms with Crippen molar-refractivity contribution in [2.45, 2.75) is 78.1 Å². The average Bonchev–Trinajstić information content (AvgIpc) is 3.83. The standard InChI is InChI=1S/C42H40N2S3/c1-5-9-11-15-25-31-27-35(45-33(31)7-3)41-39-40(42(47-41)36-28-32(34(8-4)46-36)26-16-12-10-6-2)44-38(30-23-19-14-20-24-30)37(43-39)29-21-17-13-18-22-29/h3-4,13-14,17-24,27-28H,5-6,9-12,15-16,25-26H2,1-2H3. The first-order valence-electron chi connectivity index (χ1n) is 16.8. The highest BCUT2D eigenvalue weighted by Crippen LogP contribution is 2.49. The number of hydrogen-bond acceptors (Lipinski definition) is 5. The van der Waals surface area contributed by atoms with E-state index in [0.717, 1.165) is 78.7 Å². The van der Waals surface area contributed by atoms with Gasteiger partial charge in [0.25, 0.3) is 0 Å². The Kier molecular flexibility index (Phi) is 11.0. The maximum absolute atomic E-state index is 6.08. The van der Waals surface area contributed by atoms with Crippen LogP contribution in [0.5, 0.6) is 0 Å². The molecular weight excluding hydrogens is 629 g/mol. The number of aromatic nitrogens is 2. The molecule has 47 heavy (non-hydrogen) atoms. The summed E-state index contributed by atoms with van der Waals surface area (Å²) in [6.07, 6.45) is 23.9. The second-order valence-electron chi connectivity index (χ2n) is 12.0. The number of benzene rings is 2. The molecular formula is C42H40N2S3. The van der Waals surface area contributed by atoms with Gasteiger partial charge in [-0.3, -0.25) is 0 Å². The molecule has 4 aromatic heterocycles. The highest BCUT2D eigenvalue weighted by molar-refractivity contribution is 7.28. The lowest BCUT2D eigenvalue weighted by atomic mass is 10.0. The van der Waals surface area contributed by atoms with Crippen molar-refractivity contribution in [3.8, 4) is 66.7 Å². The molecule has 6 aromatic rings. The molecule has 0 aliphatic heterocycles. The molecule has 0 radical (unpaired) electrons. The molecule has 0 amide bonds. The van der Waals surface area contributed by atoms with Crippen molar-refractivity contribution in [2.24, 2.45) is 0 Å². The van der Waals surface area contributed by atoms with Crippen LogP contribution in [0.2, 0.25) is 0 Å². The number of rotatable bonds is 14. The second-order valence-corrected chi connectivity index (χ2v) is 15.1. The summed E-state index contributed by atoms with van der Waals surface area (Å²) in [6, 6.07) is 25.4. The third kappa shape index (κ3) is 7.29. The van der Waals surface area contributed by atoms with Crippen LogP contribution in [-0.4, -0.2) is 9.97 Å². The maximum atomic E-state index is 6.08. The molecule has 0 N–H and O–H groups in total. The van der Waals surface area contributed by atoms with Gasteiger partial charge in [-0.2, -0.15) is 0 Å². The predicted molar refractivity (Wildman–Crippen MR) is 206 cm³/mol. The molecule has 0 saturated carbocycles. The predicted octanol–water partition coefficient (Wildman–Crippen LogP) is 12.7. The lowest BCUT2D eigenvalue weighted by Crippen LogP contribution is -1.95. The molecule has 0 aliphatic carbocycles. The highest BCUT2D eigenvalue weighted by atomic mass is 32.1. The molecule has 2 aromatic carbocycles. The number of hydrogen-bond donors (Lipinski definition) is 0. The monoisotopic (exact) mass is 668 g/mol.